The van der Waals surface area contributed by atoms with E-state index in [1.807, 2.05) is 17.0 Å². The number of halogens is 4. The van der Waals surface area contributed by atoms with Crippen molar-refractivity contribution in [3.05, 3.63) is 101 Å². The quantitative estimate of drug-likeness (QED) is 0.224. The van der Waals surface area contributed by atoms with Crippen LogP contribution in [0.1, 0.15) is 41.8 Å². The summed E-state index contributed by atoms with van der Waals surface area (Å²) in [4.78, 5) is 15.0. The molecule has 3 aromatic carbocycles. The molecule has 0 spiro atoms. The van der Waals surface area contributed by atoms with Crippen LogP contribution in [-0.2, 0) is 19.3 Å². The van der Waals surface area contributed by atoms with Gasteiger partial charge in [0.25, 0.3) is 0 Å². The Hall–Kier alpha value is -4.18. The molecule has 0 amide bonds. The molecular weight excluding hydrogens is 594 g/mol. The van der Waals surface area contributed by atoms with Crippen molar-refractivity contribution >= 4 is 11.4 Å². The maximum Gasteiger partial charge on any atom is 0.178 e. The first-order valence-corrected chi connectivity index (χ1v) is 16.0. The molecule has 10 heteroatoms. The van der Waals surface area contributed by atoms with E-state index in [1.165, 1.54) is 18.2 Å². The molecule has 6 nitrogen and oxygen atoms in total. The maximum atomic E-state index is 15.5. The number of aromatic nitrogens is 2. The van der Waals surface area contributed by atoms with Crippen LogP contribution < -0.4 is 14.5 Å². The number of ether oxygens (including phenoxy) is 1. The molecule has 0 bridgehead atoms. The van der Waals surface area contributed by atoms with Gasteiger partial charge in [-0.25, -0.2) is 27.5 Å². The number of aryl methyl sites for hydroxylation is 1. The van der Waals surface area contributed by atoms with Crippen LogP contribution in [0, 0.1) is 23.3 Å². The Morgan fingerprint density at radius 3 is 2.48 bits per heavy atom. The van der Waals surface area contributed by atoms with E-state index in [0.717, 1.165) is 44.1 Å². The van der Waals surface area contributed by atoms with Gasteiger partial charge >= 0.3 is 0 Å². The van der Waals surface area contributed by atoms with Crippen molar-refractivity contribution in [2.24, 2.45) is 0 Å². The number of hydrogen-bond acceptors (Lipinski definition) is 6. The minimum absolute atomic E-state index is 0.0434. The Labute approximate surface area is 266 Å². The van der Waals surface area contributed by atoms with Crippen molar-refractivity contribution in [2.45, 2.75) is 50.6 Å². The van der Waals surface area contributed by atoms with Gasteiger partial charge in [0.05, 0.1) is 24.1 Å². The van der Waals surface area contributed by atoms with Gasteiger partial charge in [0.1, 0.15) is 29.8 Å². The fraction of sp³-hybridized carbons (Fsp3) is 0.389. The Bertz CT molecular complexity index is 1760. The summed E-state index contributed by atoms with van der Waals surface area (Å²) in [6, 6.07) is 13.6. The second kappa shape index (κ2) is 12.5. The lowest BCUT2D eigenvalue weighted by atomic mass is 9.86. The molecule has 0 saturated carbocycles. The highest BCUT2D eigenvalue weighted by molar-refractivity contribution is 5.72. The number of anilines is 2. The average molecular weight is 632 g/mol. The summed E-state index contributed by atoms with van der Waals surface area (Å²) in [6.07, 6.45) is 5.18. The zero-order valence-electron chi connectivity index (χ0n) is 26.1. The largest absolute Gasteiger partial charge is 0.486 e. The number of nitrogens with zero attached hydrogens (tertiary/aromatic N) is 5. The molecule has 1 unspecified atom stereocenters. The fourth-order valence-electron chi connectivity index (χ4n) is 7.22. The van der Waals surface area contributed by atoms with E-state index in [4.69, 9.17) is 4.74 Å². The normalized spacial score (nSPS) is 18.4. The van der Waals surface area contributed by atoms with Gasteiger partial charge in [0.15, 0.2) is 17.4 Å². The van der Waals surface area contributed by atoms with Crippen molar-refractivity contribution in [3.63, 3.8) is 0 Å². The van der Waals surface area contributed by atoms with E-state index >= 15 is 13.2 Å². The minimum Gasteiger partial charge on any atom is -0.486 e. The summed E-state index contributed by atoms with van der Waals surface area (Å²) >= 11 is 0. The van der Waals surface area contributed by atoms with Crippen molar-refractivity contribution in [3.8, 4) is 17.0 Å². The zero-order valence-corrected chi connectivity index (χ0v) is 26.1. The van der Waals surface area contributed by atoms with Gasteiger partial charge in [-0.15, -0.1) is 0 Å². The molecule has 1 aliphatic carbocycles. The van der Waals surface area contributed by atoms with Crippen LogP contribution in [0.3, 0.4) is 0 Å². The van der Waals surface area contributed by atoms with Crippen LogP contribution in [0.5, 0.6) is 5.75 Å². The van der Waals surface area contributed by atoms with E-state index in [2.05, 4.69) is 33.9 Å². The topological polar surface area (TPSA) is 44.7 Å². The first kappa shape index (κ1) is 30.5. The number of benzene rings is 3. The van der Waals surface area contributed by atoms with Gasteiger partial charge in [-0.3, -0.25) is 0 Å². The monoisotopic (exact) mass is 631 g/mol. The Balaban J connectivity index is 1.13. The molecule has 1 atom stereocenters. The van der Waals surface area contributed by atoms with Crippen molar-refractivity contribution in [2.75, 3.05) is 50.1 Å². The van der Waals surface area contributed by atoms with Crippen LogP contribution in [-0.4, -0.2) is 67.3 Å². The highest BCUT2D eigenvalue weighted by atomic mass is 19.1. The van der Waals surface area contributed by atoms with Crippen LogP contribution in [0.4, 0.5) is 28.9 Å². The number of fused-ring (bicyclic) bond motifs is 2. The lowest BCUT2D eigenvalue weighted by molar-refractivity contribution is 0.249. The summed E-state index contributed by atoms with van der Waals surface area (Å²) in [6.45, 7) is 2.36. The highest BCUT2D eigenvalue weighted by Crippen LogP contribution is 2.41. The molecule has 3 heterocycles. The maximum absolute atomic E-state index is 15.5. The molecule has 7 rings (SSSR count). The minimum atomic E-state index is -0.692. The molecule has 3 aliphatic rings. The smallest absolute Gasteiger partial charge is 0.178 e. The predicted octanol–water partition coefficient (Wildman–Crippen LogP) is 6.58. The first-order chi connectivity index (χ1) is 22.2. The fourth-order valence-corrected chi connectivity index (χ4v) is 7.22. The SMILES string of the molecule is CN(C)C1CCN(c2ccc(Cc3ncc(F)c(-c4cc(F)c5c(c4)N(C4CCc6cccc(F)c6C4)CCO5)n3)cc2F)CC1. The van der Waals surface area contributed by atoms with Crippen molar-refractivity contribution in [1.29, 1.82) is 0 Å². The second-order valence-electron chi connectivity index (χ2n) is 12.7. The third-order valence-corrected chi connectivity index (χ3v) is 9.73. The molecule has 46 heavy (non-hydrogen) atoms. The van der Waals surface area contributed by atoms with E-state index < -0.39 is 11.6 Å². The van der Waals surface area contributed by atoms with Crippen LogP contribution in [0.2, 0.25) is 0 Å². The van der Waals surface area contributed by atoms with E-state index in [0.29, 0.717) is 60.4 Å². The Kier molecular flexibility index (Phi) is 8.31. The molecule has 1 saturated heterocycles. The third-order valence-electron chi connectivity index (χ3n) is 9.73. The molecular formula is C36H37F4N5O. The van der Waals surface area contributed by atoms with E-state index in [-0.39, 0.29) is 41.1 Å². The average Bonchev–Trinajstić information content (AvgIpc) is 3.05. The van der Waals surface area contributed by atoms with Gasteiger partial charge < -0.3 is 19.4 Å². The molecule has 1 fully saturated rings. The molecule has 4 aromatic rings. The molecule has 1 aromatic heterocycles. The summed E-state index contributed by atoms with van der Waals surface area (Å²) in [5, 5.41) is 0. The first-order valence-electron chi connectivity index (χ1n) is 16.0. The molecule has 2 aliphatic heterocycles. The summed E-state index contributed by atoms with van der Waals surface area (Å²) in [7, 11) is 4.15. The molecule has 240 valence electrons. The third kappa shape index (κ3) is 5.90. The Morgan fingerprint density at radius 1 is 0.870 bits per heavy atom. The standard InChI is InChI=1S/C36H37F4N5O/c1-43(2)25-10-12-44(13-11-25)32-9-6-22(16-29(32)38)17-34-41-21-31(40)35(42-34)24-18-30(39)36-33(19-24)45(14-15-46-36)26-8-7-23-4-3-5-28(37)27(23)20-26/h3-6,9,16,18-19,21,25-26H,7-8,10-15,17,20H2,1-2H3. The number of piperidine rings is 1. The van der Waals surface area contributed by atoms with Gasteiger partial charge in [0.2, 0.25) is 0 Å². The second-order valence-corrected chi connectivity index (χ2v) is 12.7. The zero-order chi connectivity index (χ0) is 31.9. The highest BCUT2D eigenvalue weighted by Gasteiger charge is 2.32. The van der Waals surface area contributed by atoms with Gasteiger partial charge in [-0.05, 0) is 93.2 Å². The lowest BCUT2D eigenvalue weighted by Crippen LogP contribution is -2.44. The van der Waals surface area contributed by atoms with Gasteiger partial charge in [-0.2, -0.15) is 0 Å². The summed E-state index contributed by atoms with van der Waals surface area (Å²) in [5.41, 5.74) is 3.62. The predicted molar refractivity (Wildman–Crippen MR) is 171 cm³/mol. The molecule has 0 N–H and O–H groups in total. The lowest BCUT2D eigenvalue weighted by Gasteiger charge is -2.40. The van der Waals surface area contributed by atoms with E-state index in [1.54, 1.807) is 18.2 Å². The molecule has 0 radical (unpaired) electrons. The van der Waals surface area contributed by atoms with Crippen LogP contribution in [0.25, 0.3) is 11.3 Å². The van der Waals surface area contributed by atoms with Crippen molar-refractivity contribution in [1.82, 2.24) is 14.9 Å². The van der Waals surface area contributed by atoms with Crippen molar-refractivity contribution < 1.29 is 22.3 Å². The summed E-state index contributed by atoms with van der Waals surface area (Å²) in [5.74, 6) is -1.46. The summed E-state index contributed by atoms with van der Waals surface area (Å²) < 4.78 is 66.4. The number of hydrogen-bond donors (Lipinski definition) is 0. The van der Waals surface area contributed by atoms with E-state index in [9.17, 15) is 4.39 Å². The van der Waals surface area contributed by atoms with Crippen LogP contribution >= 0.6 is 0 Å². The number of rotatable bonds is 6. The van der Waals surface area contributed by atoms with Gasteiger partial charge in [0, 0.05) is 37.2 Å². The Morgan fingerprint density at radius 2 is 1.70 bits per heavy atom. The van der Waals surface area contributed by atoms with Gasteiger partial charge in [-0.1, -0.05) is 18.2 Å². The van der Waals surface area contributed by atoms with Crippen LogP contribution in [0.15, 0.2) is 54.7 Å².